The Morgan fingerprint density at radius 1 is 1.04 bits per heavy atom. The normalized spacial score (nSPS) is 12.5. The summed E-state index contributed by atoms with van der Waals surface area (Å²) in [6.45, 7) is 13.9. The highest BCUT2D eigenvalue weighted by atomic mass is 16.3. The minimum Gasteiger partial charge on any atom is -0.507 e. The van der Waals surface area contributed by atoms with Crippen LogP contribution in [0.15, 0.2) is 12.1 Å². The van der Waals surface area contributed by atoms with Gasteiger partial charge in [0, 0.05) is 23.2 Å². The number of hydrogen-bond donors (Lipinski definition) is 2. The molecular weight excluding hydrogens is 300 g/mol. The number of aromatic hydroxyl groups is 1. The average Bonchev–Trinajstić information content (AvgIpc) is 2.40. The van der Waals surface area contributed by atoms with Gasteiger partial charge in [-0.15, -0.1) is 0 Å². The van der Waals surface area contributed by atoms with Gasteiger partial charge in [-0.2, -0.15) is 0 Å². The average molecular weight is 335 g/mol. The zero-order valence-corrected chi connectivity index (χ0v) is 16.6. The Morgan fingerprint density at radius 3 is 1.88 bits per heavy atom. The topological polar surface area (TPSA) is 52.6 Å². The summed E-state index contributed by atoms with van der Waals surface area (Å²) in [6.07, 6.45) is 0.912. The first-order chi connectivity index (χ1) is 10.8. The van der Waals surface area contributed by atoms with Crippen LogP contribution in [0.5, 0.6) is 5.75 Å². The summed E-state index contributed by atoms with van der Waals surface area (Å²) in [5, 5.41) is 13.7. The fourth-order valence-electron chi connectivity index (χ4n) is 2.61. The van der Waals surface area contributed by atoms with Crippen LogP contribution < -0.4 is 5.32 Å². The molecule has 0 heterocycles. The van der Waals surface area contributed by atoms with Crippen LogP contribution in [-0.2, 0) is 10.8 Å². The number of nitrogens with one attached hydrogen (secondary N) is 1. The Bertz CT molecular complexity index is 543. The van der Waals surface area contributed by atoms with Crippen LogP contribution >= 0.6 is 0 Å². The van der Waals surface area contributed by atoms with Gasteiger partial charge in [-0.1, -0.05) is 41.5 Å². The van der Waals surface area contributed by atoms with Crippen molar-refractivity contribution in [3.05, 3.63) is 28.8 Å². The molecule has 0 fully saturated rings. The second-order valence-corrected chi connectivity index (χ2v) is 8.83. The highest BCUT2D eigenvalue weighted by molar-refractivity contribution is 5.95. The van der Waals surface area contributed by atoms with Crippen LogP contribution in [0.4, 0.5) is 0 Å². The van der Waals surface area contributed by atoms with Crippen molar-refractivity contribution in [1.29, 1.82) is 0 Å². The van der Waals surface area contributed by atoms with E-state index in [2.05, 4.69) is 10.2 Å². The molecule has 0 radical (unpaired) electrons. The van der Waals surface area contributed by atoms with Gasteiger partial charge >= 0.3 is 0 Å². The molecule has 0 bridgehead atoms. The van der Waals surface area contributed by atoms with E-state index in [0.717, 1.165) is 24.1 Å². The van der Waals surface area contributed by atoms with Crippen molar-refractivity contribution in [1.82, 2.24) is 10.2 Å². The predicted molar refractivity (Wildman–Crippen MR) is 101 cm³/mol. The first kappa shape index (κ1) is 20.5. The first-order valence-corrected chi connectivity index (χ1v) is 8.65. The van der Waals surface area contributed by atoms with E-state index in [0.29, 0.717) is 17.9 Å². The number of hydrogen-bond acceptors (Lipinski definition) is 3. The molecule has 1 aromatic rings. The number of carbonyl (C=O) groups excluding carboxylic acids is 1. The SMILES string of the molecule is CN(C)CCCNC(=O)c1cc(C(C)(C)C)c(O)c(C(C)(C)C)c1. The molecule has 4 nitrogen and oxygen atoms in total. The van der Waals surface area contributed by atoms with Crippen LogP contribution in [0.2, 0.25) is 0 Å². The van der Waals surface area contributed by atoms with Crippen molar-refractivity contribution in [2.75, 3.05) is 27.2 Å². The number of phenols is 1. The van der Waals surface area contributed by atoms with Crippen LogP contribution in [0, 0.1) is 0 Å². The lowest BCUT2D eigenvalue weighted by atomic mass is 9.78. The smallest absolute Gasteiger partial charge is 0.251 e. The summed E-state index contributed by atoms with van der Waals surface area (Å²) in [5.41, 5.74) is 1.78. The van der Waals surface area contributed by atoms with Crippen molar-refractivity contribution in [3.63, 3.8) is 0 Å². The van der Waals surface area contributed by atoms with Crippen LogP contribution in [0.25, 0.3) is 0 Å². The minimum absolute atomic E-state index is 0.0789. The van der Waals surface area contributed by atoms with E-state index in [1.807, 2.05) is 67.8 Å². The summed E-state index contributed by atoms with van der Waals surface area (Å²) < 4.78 is 0. The zero-order chi connectivity index (χ0) is 18.7. The van der Waals surface area contributed by atoms with Gasteiger partial charge in [0.25, 0.3) is 5.91 Å². The predicted octanol–water partition coefficient (Wildman–Crippen LogP) is 3.67. The van der Waals surface area contributed by atoms with Gasteiger partial charge in [0.05, 0.1) is 0 Å². The van der Waals surface area contributed by atoms with Crippen molar-refractivity contribution >= 4 is 5.91 Å². The van der Waals surface area contributed by atoms with Crippen molar-refractivity contribution in [3.8, 4) is 5.75 Å². The van der Waals surface area contributed by atoms with E-state index in [9.17, 15) is 9.90 Å². The fraction of sp³-hybridized carbons (Fsp3) is 0.650. The second-order valence-electron chi connectivity index (χ2n) is 8.83. The van der Waals surface area contributed by atoms with Gasteiger partial charge in [0.1, 0.15) is 5.75 Å². The maximum Gasteiger partial charge on any atom is 0.251 e. The molecule has 0 saturated carbocycles. The molecule has 0 aliphatic rings. The zero-order valence-electron chi connectivity index (χ0n) is 16.6. The molecule has 0 unspecified atom stereocenters. The van der Waals surface area contributed by atoms with Crippen molar-refractivity contribution in [2.24, 2.45) is 0 Å². The molecule has 4 heteroatoms. The Labute approximate surface area is 147 Å². The Balaban J connectivity index is 3.13. The highest BCUT2D eigenvalue weighted by Gasteiger charge is 2.27. The fourth-order valence-corrected chi connectivity index (χ4v) is 2.61. The van der Waals surface area contributed by atoms with Gasteiger partial charge in [0.15, 0.2) is 0 Å². The Hall–Kier alpha value is -1.55. The molecule has 1 rings (SSSR count). The van der Waals surface area contributed by atoms with Gasteiger partial charge in [-0.05, 0) is 50.0 Å². The third kappa shape index (κ3) is 5.52. The van der Waals surface area contributed by atoms with E-state index in [1.165, 1.54) is 0 Å². The molecule has 0 saturated heterocycles. The second kappa shape index (κ2) is 7.56. The third-order valence-electron chi connectivity index (χ3n) is 4.06. The Kier molecular flexibility index (Phi) is 6.45. The van der Waals surface area contributed by atoms with E-state index in [1.54, 1.807) is 0 Å². The molecule has 1 amide bonds. The molecule has 0 aliphatic heterocycles. The minimum atomic E-state index is -0.231. The van der Waals surface area contributed by atoms with Crippen LogP contribution in [0.1, 0.15) is 69.4 Å². The standard InChI is InChI=1S/C20H34N2O2/c1-19(2,3)15-12-14(13-16(17(15)23)20(4,5)6)18(24)21-10-9-11-22(7)8/h12-13,23H,9-11H2,1-8H3,(H,21,24). The number of rotatable bonds is 5. The quantitative estimate of drug-likeness (QED) is 0.808. The van der Waals surface area contributed by atoms with Crippen LogP contribution in [-0.4, -0.2) is 43.1 Å². The maximum absolute atomic E-state index is 12.6. The molecule has 24 heavy (non-hydrogen) atoms. The largest absolute Gasteiger partial charge is 0.507 e. The van der Waals surface area contributed by atoms with E-state index in [4.69, 9.17) is 0 Å². The highest BCUT2D eigenvalue weighted by Crippen LogP contribution is 2.39. The first-order valence-electron chi connectivity index (χ1n) is 8.65. The molecule has 0 aliphatic carbocycles. The molecule has 2 N–H and O–H groups in total. The number of amides is 1. The van der Waals surface area contributed by atoms with Gasteiger partial charge in [-0.3, -0.25) is 4.79 Å². The summed E-state index contributed by atoms with van der Waals surface area (Å²) >= 11 is 0. The van der Waals surface area contributed by atoms with Gasteiger partial charge in [-0.25, -0.2) is 0 Å². The molecule has 0 aromatic heterocycles. The molecular formula is C20H34N2O2. The Morgan fingerprint density at radius 2 is 1.50 bits per heavy atom. The molecule has 0 atom stereocenters. The van der Waals surface area contributed by atoms with E-state index >= 15 is 0 Å². The van der Waals surface area contributed by atoms with Gasteiger partial charge in [0.2, 0.25) is 0 Å². The van der Waals surface area contributed by atoms with E-state index in [-0.39, 0.29) is 16.7 Å². The number of benzene rings is 1. The third-order valence-corrected chi connectivity index (χ3v) is 4.06. The molecule has 136 valence electrons. The summed E-state index contributed by atoms with van der Waals surface area (Å²) in [7, 11) is 4.04. The van der Waals surface area contributed by atoms with E-state index < -0.39 is 0 Å². The lowest BCUT2D eigenvalue weighted by Crippen LogP contribution is -2.28. The number of carbonyl (C=O) groups is 1. The van der Waals surface area contributed by atoms with Gasteiger partial charge < -0.3 is 15.3 Å². The monoisotopic (exact) mass is 334 g/mol. The lowest BCUT2D eigenvalue weighted by molar-refractivity contribution is 0.0952. The summed E-state index contributed by atoms with van der Waals surface area (Å²) in [5.74, 6) is 0.226. The van der Waals surface area contributed by atoms with Crippen molar-refractivity contribution < 1.29 is 9.90 Å². The summed E-state index contributed by atoms with van der Waals surface area (Å²) in [4.78, 5) is 14.7. The molecule has 1 aromatic carbocycles. The summed E-state index contributed by atoms with van der Waals surface area (Å²) in [6, 6.07) is 3.65. The molecule has 0 spiro atoms. The van der Waals surface area contributed by atoms with Crippen LogP contribution in [0.3, 0.4) is 0 Å². The number of phenolic OH excluding ortho intramolecular Hbond substituents is 1. The van der Waals surface area contributed by atoms with Crippen molar-refractivity contribution in [2.45, 2.75) is 58.8 Å². The lowest BCUT2D eigenvalue weighted by Gasteiger charge is -2.28. The maximum atomic E-state index is 12.6. The number of nitrogens with zero attached hydrogens (tertiary/aromatic N) is 1.